The van der Waals surface area contributed by atoms with Gasteiger partial charge >= 0.3 is 5.97 Å². The van der Waals surface area contributed by atoms with Crippen molar-refractivity contribution in [1.29, 1.82) is 0 Å². The van der Waals surface area contributed by atoms with Crippen molar-refractivity contribution in [3.05, 3.63) is 71.8 Å². The molecule has 0 fully saturated rings. The van der Waals surface area contributed by atoms with E-state index in [9.17, 15) is 14.7 Å². The van der Waals surface area contributed by atoms with Crippen LogP contribution in [0.1, 0.15) is 34.6 Å². The first-order valence-electron chi connectivity index (χ1n) is 10.5. The van der Waals surface area contributed by atoms with Crippen LogP contribution in [0.2, 0.25) is 0 Å². The van der Waals surface area contributed by atoms with Gasteiger partial charge in [-0.25, -0.2) is 4.79 Å². The monoisotopic (exact) mass is 440 g/mol. The zero-order valence-electron chi connectivity index (χ0n) is 18.0. The minimum Gasteiger partial charge on any atom is -0.493 e. The van der Waals surface area contributed by atoms with E-state index in [4.69, 9.17) is 4.74 Å². The highest BCUT2D eigenvalue weighted by molar-refractivity contribution is 6.11. The van der Waals surface area contributed by atoms with Crippen molar-refractivity contribution < 1.29 is 19.4 Å². The molecule has 5 aromatic rings. The van der Waals surface area contributed by atoms with Gasteiger partial charge in [0.15, 0.2) is 11.5 Å². The Morgan fingerprint density at radius 2 is 1.76 bits per heavy atom. The molecule has 8 heteroatoms. The highest BCUT2D eigenvalue weighted by Crippen LogP contribution is 2.41. The average Bonchev–Trinajstić information content (AvgIpc) is 3.10. The molecule has 2 heterocycles. The van der Waals surface area contributed by atoms with Gasteiger partial charge in [-0.1, -0.05) is 24.3 Å². The number of aromatic amines is 1. The van der Waals surface area contributed by atoms with Gasteiger partial charge in [-0.15, -0.1) is 5.11 Å². The lowest BCUT2D eigenvalue weighted by Gasteiger charge is -2.10. The summed E-state index contributed by atoms with van der Waals surface area (Å²) >= 11 is 0. The number of hydrogen-bond donors (Lipinski definition) is 2. The minimum atomic E-state index is -0.624. The van der Waals surface area contributed by atoms with Crippen LogP contribution >= 0.6 is 0 Å². The van der Waals surface area contributed by atoms with Crippen molar-refractivity contribution in [2.75, 3.05) is 6.61 Å². The van der Waals surface area contributed by atoms with Gasteiger partial charge in [0.25, 0.3) is 0 Å². The number of esters is 1. The number of fused-ring (bicyclic) bond motifs is 2. The van der Waals surface area contributed by atoms with Crippen LogP contribution in [0.5, 0.6) is 5.88 Å². The Kier molecular flexibility index (Phi) is 4.90. The molecule has 0 saturated carbocycles. The van der Waals surface area contributed by atoms with E-state index in [-0.39, 0.29) is 29.5 Å². The van der Waals surface area contributed by atoms with Gasteiger partial charge in [-0.2, -0.15) is 5.11 Å². The van der Waals surface area contributed by atoms with Crippen LogP contribution in [0, 0.1) is 0 Å². The van der Waals surface area contributed by atoms with Gasteiger partial charge < -0.3 is 14.8 Å². The van der Waals surface area contributed by atoms with E-state index in [1.807, 2.05) is 36.4 Å². The number of carbonyl (C=O) groups excluding carboxylic acids is 2. The number of benzene rings is 3. The molecule has 3 aromatic carbocycles. The van der Waals surface area contributed by atoms with E-state index >= 15 is 0 Å². The third kappa shape index (κ3) is 3.32. The molecule has 0 amide bonds. The Balaban J connectivity index is 1.77. The number of H-pyrrole nitrogens is 1. The first kappa shape index (κ1) is 20.4. The van der Waals surface area contributed by atoms with Gasteiger partial charge in [0.05, 0.1) is 17.8 Å². The van der Waals surface area contributed by atoms with Crippen LogP contribution < -0.4 is 0 Å². The number of azo groups is 1. The number of ether oxygens (including phenoxy) is 1. The molecule has 0 aliphatic heterocycles. The van der Waals surface area contributed by atoms with E-state index in [1.54, 1.807) is 35.6 Å². The molecule has 0 spiro atoms. The van der Waals surface area contributed by atoms with Crippen molar-refractivity contribution in [2.45, 2.75) is 13.8 Å². The third-order valence-corrected chi connectivity index (χ3v) is 5.52. The first-order valence-corrected chi connectivity index (χ1v) is 10.5. The second-order valence-electron chi connectivity index (χ2n) is 7.56. The number of hydrogen-bond acceptors (Lipinski definition) is 6. The Bertz CT molecular complexity index is 1570. The molecular formula is C25H20N4O4. The lowest BCUT2D eigenvalue weighted by Crippen LogP contribution is -2.05. The summed E-state index contributed by atoms with van der Waals surface area (Å²) in [4.78, 5) is 27.7. The Morgan fingerprint density at radius 1 is 1.03 bits per heavy atom. The fourth-order valence-electron chi connectivity index (χ4n) is 4.00. The van der Waals surface area contributed by atoms with Crippen molar-refractivity contribution in [3.8, 4) is 5.88 Å². The zero-order chi connectivity index (χ0) is 23.1. The van der Waals surface area contributed by atoms with E-state index in [0.717, 1.165) is 16.3 Å². The number of rotatable bonds is 5. The van der Waals surface area contributed by atoms with Crippen molar-refractivity contribution in [2.24, 2.45) is 10.2 Å². The molecule has 0 saturated heterocycles. The highest BCUT2D eigenvalue weighted by atomic mass is 16.5. The maximum Gasteiger partial charge on any atom is 0.344 e. The summed E-state index contributed by atoms with van der Waals surface area (Å²) in [6, 6.07) is 18.1. The number of nitrogens with zero attached hydrogens (tertiary/aromatic N) is 3. The fourth-order valence-corrected chi connectivity index (χ4v) is 4.00. The number of Topliss-reactive ketones (excluding diaryl/α,β-unsaturated/α-hetero) is 1. The lowest BCUT2D eigenvalue weighted by molar-refractivity contribution is 0.0529. The average molecular weight is 440 g/mol. The second-order valence-corrected chi connectivity index (χ2v) is 7.56. The predicted molar refractivity (Wildman–Crippen MR) is 125 cm³/mol. The normalized spacial score (nSPS) is 11.7. The van der Waals surface area contributed by atoms with Crippen LogP contribution in [0.15, 0.2) is 70.9 Å². The summed E-state index contributed by atoms with van der Waals surface area (Å²) < 4.78 is 6.81. The first-order chi connectivity index (χ1) is 16.0. The molecule has 0 bridgehead atoms. The molecular weight excluding hydrogens is 420 g/mol. The molecule has 164 valence electrons. The summed E-state index contributed by atoms with van der Waals surface area (Å²) in [7, 11) is 0. The van der Waals surface area contributed by atoms with Crippen LogP contribution in [-0.2, 0) is 4.74 Å². The predicted octanol–water partition coefficient (Wildman–Crippen LogP) is 6.07. The Morgan fingerprint density at radius 3 is 2.45 bits per heavy atom. The standard InChI is InChI=1S/C25H20N4O4/c1-3-33-25(32)21-22(28-27-17-12-10-15(11-13-17)14(2)30)24(31)29-19-9-5-7-16-6-4-8-18(20(16)19)26-23(21)29/h4-13,26,31H,3H2,1-2H3. The van der Waals surface area contributed by atoms with Crippen LogP contribution in [0.4, 0.5) is 11.4 Å². The van der Waals surface area contributed by atoms with Crippen LogP contribution in [-0.4, -0.2) is 32.9 Å². The summed E-state index contributed by atoms with van der Waals surface area (Å²) in [5.41, 5.74) is 2.99. The number of carbonyl (C=O) groups is 2. The van der Waals surface area contributed by atoms with Crippen molar-refractivity contribution >= 4 is 50.6 Å². The van der Waals surface area contributed by atoms with E-state index in [1.165, 1.54) is 6.92 Å². The highest BCUT2D eigenvalue weighted by Gasteiger charge is 2.27. The van der Waals surface area contributed by atoms with Gasteiger partial charge in [-0.3, -0.25) is 9.20 Å². The van der Waals surface area contributed by atoms with Gasteiger partial charge in [0, 0.05) is 16.5 Å². The van der Waals surface area contributed by atoms with E-state index in [2.05, 4.69) is 15.2 Å². The fraction of sp³-hybridized carbons (Fsp3) is 0.120. The molecule has 5 rings (SSSR count). The topological polar surface area (TPSA) is 109 Å². The van der Waals surface area contributed by atoms with E-state index < -0.39 is 5.97 Å². The van der Waals surface area contributed by atoms with Gasteiger partial charge in [0.2, 0.25) is 5.88 Å². The minimum absolute atomic E-state index is 0.00333. The molecule has 0 unspecified atom stereocenters. The SMILES string of the molecule is CCOC(=O)c1c(N=Nc2ccc(C(C)=O)cc2)c(O)n2c1[nH]c1cccc3cccc2c31. The Hall–Kier alpha value is -4.46. The summed E-state index contributed by atoms with van der Waals surface area (Å²) in [5.74, 6) is -0.909. The molecule has 0 atom stereocenters. The quantitative estimate of drug-likeness (QED) is 0.196. The van der Waals surface area contributed by atoms with Crippen LogP contribution in [0.25, 0.3) is 27.5 Å². The largest absolute Gasteiger partial charge is 0.493 e. The lowest BCUT2D eigenvalue weighted by atomic mass is 10.1. The van der Waals surface area contributed by atoms with Gasteiger partial charge in [-0.05, 0) is 55.6 Å². The summed E-state index contributed by atoms with van der Waals surface area (Å²) in [5, 5.41) is 21.5. The van der Waals surface area contributed by atoms with Crippen LogP contribution in [0.3, 0.4) is 0 Å². The van der Waals surface area contributed by atoms with Crippen molar-refractivity contribution in [1.82, 2.24) is 9.38 Å². The Labute approximate surface area is 188 Å². The maximum absolute atomic E-state index is 12.9. The molecule has 33 heavy (non-hydrogen) atoms. The molecule has 2 aromatic heterocycles. The smallest absolute Gasteiger partial charge is 0.344 e. The number of ketones is 1. The maximum atomic E-state index is 12.9. The molecule has 0 radical (unpaired) electrons. The van der Waals surface area contributed by atoms with Gasteiger partial charge in [0.1, 0.15) is 11.2 Å². The third-order valence-electron chi connectivity index (χ3n) is 5.52. The van der Waals surface area contributed by atoms with Crippen molar-refractivity contribution in [3.63, 3.8) is 0 Å². The zero-order valence-corrected chi connectivity index (χ0v) is 18.0. The van der Waals surface area contributed by atoms with E-state index in [0.29, 0.717) is 22.4 Å². The second kappa shape index (κ2) is 7.90. The number of nitrogens with one attached hydrogen (secondary N) is 1. The molecule has 0 aliphatic rings. The molecule has 8 nitrogen and oxygen atoms in total. The molecule has 2 N–H and O–H groups in total. The number of aromatic nitrogens is 2. The summed E-state index contributed by atoms with van der Waals surface area (Å²) in [6.45, 7) is 3.36. The number of aromatic hydroxyl groups is 1. The summed E-state index contributed by atoms with van der Waals surface area (Å²) in [6.07, 6.45) is 0. The molecule has 0 aliphatic carbocycles.